The van der Waals surface area contributed by atoms with Crippen LogP contribution in [0.25, 0.3) is 11.3 Å². The molecule has 1 amide bonds. The molecule has 29 heavy (non-hydrogen) atoms. The second kappa shape index (κ2) is 8.30. The summed E-state index contributed by atoms with van der Waals surface area (Å²) in [5.41, 5.74) is 2.19. The molecule has 2 aromatic heterocycles. The highest BCUT2D eigenvalue weighted by molar-refractivity contribution is 5.88. The average Bonchev–Trinajstić information content (AvgIpc) is 3.17. The fourth-order valence-corrected chi connectivity index (χ4v) is 2.82. The number of amides is 1. The van der Waals surface area contributed by atoms with Gasteiger partial charge in [-0.15, -0.1) is 5.10 Å². The first-order valence-corrected chi connectivity index (χ1v) is 9.04. The van der Waals surface area contributed by atoms with Crippen molar-refractivity contribution in [2.75, 3.05) is 5.32 Å². The fourth-order valence-electron chi connectivity index (χ4n) is 2.82. The first kappa shape index (κ1) is 18.3. The smallest absolute Gasteiger partial charge is 0.267 e. The van der Waals surface area contributed by atoms with Gasteiger partial charge >= 0.3 is 0 Å². The Morgan fingerprint density at radius 2 is 1.62 bits per heavy atom. The minimum Gasteiger partial charge on any atom is -0.292 e. The number of nitrogens with one attached hydrogen (secondary N) is 1. The van der Waals surface area contributed by atoms with E-state index in [0.717, 1.165) is 15.8 Å². The third-order valence-corrected chi connectivity index (χ3v) is 4.20. The maximum absolute atomic E-state index is 12.3. The van der Waals surface area contributed by atoms with Crippen LogP contribution in [0.3, 0.4) is 0 Å². The van der Waals surface area contributed by atoms with Crippen molar-refractivity contribution in [3.8, 4) is 11.3 Å². The molecule has 0 aliphatic heterocycles. The monoisotopic (exact) mass is 386 g/mol. The Kier molecular flexibility index (Phi) is 5.24. The summed E-state index contributed by atoms with van der Waals surface area (Å²) in [6.45, 7) is 0.316. The van der Waals surface area contributed by atoms with Gasteiger partial charge in [0.2, 0.25) is 11.9 Å². The summed E-state index contributed by atoms with van der Waals surface area (Å²) in [5.74, 6) is -0.250. The summed E-state index contributed by atoms with van der Waals surface area (Å²) in [5, 5.41) is 11.1. The lowest BCUT2D eigenvalue weighted by atomic mass is 10.1. The molecule has 2 heterocycles. The molecule has 1 N–H and O–H groups in total. The lowest BCUT2D eigenvalue weighted by molar-refractivity contribution is -0.117. The number of carbonyl (C=O) groups is 1. The largest absolute Gasteiger partial charge is 0.292 e. The van der Waals surface area contributed by atoms with Gasteiger partial charge in [0.05, 0.1) is 12.2 Å². The molecular weight excluding hydrogens is 368 g/mol. The van der Waals surface area contributed by atoms with Gasteiger partial charge in [0.25, 0.3) is 5.56 Å². The maximum atomic E-state index is 12.3. The van der Waals surface area contributed by atoms with Crippen LogP contribution < -0.4 is 10.9 Å². The Bertz CT molecular complexity index is 1170. The number of nitrogens with zero attached hydrogens (tertiary/aromatic N) is 5. The van der Waals surface area contributed by atoms with Crippen LogP contribution in [-0.4, -0.2) is 30.5 Å². The van der Waals surface area contributed by atoms with Crippen molar-refractivity contribution >= 4 is 11.9 Å². The Morgan fingerprint density at radius 1 is 0.897 bits per heavy atom. The second-order valence-electron chi connectivity index (χ2n) is 6.38. The van der Waals surface area contributed by atoms with Gasteiger partial charge in [-0.2, -0.15) is 5.10 Å². The lowest BCUT2D eigenvalue weighted by Gasteiger charge is -2.07. The molecular formula is C21H18N6O2. The molecule has 2 aromatic carbocycles. The topological polar surface area (TPSA) is 94.7 Å². The van der Waals surface area contributed by atoms with E-state index in [9.17, 15) is 9.59 Å². The third kappa shape index (κ3) is 4.62. The number of hydrogen-bond donors (Lipinski definition) is 1. The molecule has 4 rings (SSSR count). The van der Waals surface area contributed by atoms with E-state index in [4.69, 9.17) is 0 Å². The highest BCUT2D eigenvalue weighted by Crippen LogP contribution is 2.14. The van der Waals surface area contributed by atoms with Crippen LogP contribution in [0, 0.1) is 0 Å². The number of hydrogen-bond acceptors (Lipinski definition) is 5. The number of anilines is 1. The van der Waals surface area contributed by atoms with Gasteiger partial charge in [-0.3, -0.25) is 14.9 Å². The van der Waals surface area contributed by atoms with E-state index < -0.39 is 5.91 Å². The van der Waals surface area contributed by atoms with Crippen LogP contribution in [0.15, 0.2) is 83.9 Å². The van der Waals surface area contributed by atoms with Crippen molar-refractivity contribution in [2.45, 2.75) is 13.1 Å². The molecule has 8 nitrogen and oxygen atoms in total. The van der Waals surface area contributed by atoms with E-state index in [2.05, 4.69) is 20.5 Å². The SMILES string of the molecule is O=C(Cn1nc(-c2ccccc2)ccc1=O)Nc1ncn(Cc2ccccc2)n1. The van der Waals surface area contributed by atoms with E-state index >= 15 is 0 Å². The molecule has 0 bridgehead atoms. The summed E-state index contributed by atoms with van der Waals surface area (Å²) in [7, 11) is 0. The highest BCUT2D eigenvalue weighted by Gasteiger charge is 2.11. The predicted molar refractivity (Wildman–Crippen MR) is 108 cm³/mol. The summed E-state index contributed by atoms with van der Waals surface area (Å²) >= 11 is 0. The Morgan fingerprint density at radius 3 is 2.38 bits per heavy atom. The van der Waals surface area contributed by atoms with Crippen LogP contribution >= 0.6 is 0 Å². The van der Waals surface area contributed by atoms with Gasteiger partial charge in [-0.1, -0.05) is 60.7 Å². The molecule has 0 saturated heterocycles. The zero-order valence-corrected chi connectivity index (χ0v) is 15.5. The van der Waals surface area contributed by atoms with E-state index in [-0.39, 0.29) is 18.1 Å². The van der Waals surface area contributed by atoms with E-state index in [1.165, 1.54) is 6.07 Å². The van der Waals surface area contributed by atoms with Gasteiger partial charge < -0.3 is 0 Å². The van der Waals surface area contributed by atoms with E-state index in [1.54, 1.807) is 17.1 Å². The first-order chi connectivity index (χ1) is 14.2. The zero-order chi connectivity index (χ0) is 20.1. The summed E-state index contributed by atoms with van der Waals surface area (Å²) < 4.78 is 2.75. The number of rotatable bonds is 6. The van der Waals surface area contributed by atoms with Crippen molar-refractivity contribution in [2.24, 2.45) is 0 Å². The zero-order valence-electron chi connectivity index (χ0n) is 15.5. The molecule has 0 atom stereocenters. The summed E-state index contributed by atoms with van der Waals surface area (Å²) in [6, 6.07) is 22.3. The first-order valence-electron chi connectivity index (χ1n) is 9.04. The van der Waals surface area contributed by atoms with E-state index in [0.29, 0.717) is 12.2 Å². The quantitative estimate of drug-likeness (QED) is 0.548. The molecule has 0 spiro atoms. The molecule has 0 saturated carbocycles. The van der Waals surface area contributed by atoms with Gasteiger partial charge in [-0.25, -0.2) is 14.3 Å². The van der Waals surface area contributed by atoms with Gasteiger partial charge in [0.15, 0.2) is 0 Å². The van der Waals surface area contributed by atoms with Crippen LogP contribution in [0.4, 0.5) is 5.95 Å². The number of aromatic nitrogens is 5. The van der Waals surface area contributed by atoms with Crippen molar-refractivity contribution in [3.63, 3.8) is 0 Å². The van der Waals surface area contributed by atoms with Crippen LogP contribution in [0.2, 0.25) is 0 Å². The van der Waals surface area contributed by atoms with Gasteiger partial charge in [0.1, 0.15) is 12.9 Å². The van der Waals surface area contributed by atoms with Crippen molar-refractivity contribution in [1.29, 1.82) is 0 Å². The van der Waals surface area contributed by atoms with E-state index in [1.807, 2.05) is 60.7 Å². The minimum atomic E-state index is -0.428. The van der Waals surface area contributed by atoms with Crippen molar-refractivity contribution < 1.29 is 4.79 Å². The molecule has 0 fully saturated rings. The normalized spacial score (nSPS) is 10.6. The van der Waals surface area contributed by atoms with Crippen LogP contribution in [-0.2, 0) is 17.9 Å². The molecule has 0 radical (unpaired) electrons. The molecule has 0 aliphatic carbocycles. The molecule has 4 aromatic rings. The number of benzene rings is 2. The molecule has 8 heteroatoms. The third-order valence-electron chi connectivity index (χ3n) is 4.20. The van der Waals surface area contributed by atoms with Crippen molar-refractivity contribution in [1.82, 2.24) is 24.5 Å². The maximum Gasteiger partial charge on any atom is 0.267 e. The van der Waals surface area contributed by atoms with Gasteiger partial charge in [-0.05, 0) is 11.6 Å². The fraction of sp³-hybridized carbons (Fsp3) is 0.0952. The van der Waals surface area contributed by atoms with Gasteiger partial charge in [0, 0.05) is 11.6 Å². The Hall–Kier alpha value is -4.07. The lowest BCUT2D eigenvalue weighted by Crippen LogP contribution is -2.29. The Labute approximate surface area is 166 Å². The molecule has 144 valence electrons. The second-order valence-corrected chi connectivity index (χ2v) is 6.38. The minimum absolute atomic E-state index is 0.179. The van der Waals surface area contributed by atoms with Crippen LogP contribution in [0.5, 0.6) is 0 Å². The van der Waals surface area contributed by atoms with Crippen molar-refractivity contribution in [3.05, 3.63) is 95.0 Å². The Balaban J connectivity index is 1.43. The van der Waals surface area contributed by atoms with Crippen LogP contribution in [0.1, 0.15) is 5.56 Å². The predicted octanol–water partition coefficient (Wildman–Crippen LogP) is 2.19. The molecule has 0 unspecified atom stereocenters. The molecule has 0 aliphatic rings. The number of carbonyl (C=O) groups excluding carboxylic acids is 1. The average molecular weight is 386 g/mol. The summed E-state index contributed by atoms with van der Waals surface area (Å²) in [4.78, 5) is 28.5. The highest BCUT2D eigenvalue weighted by atomic mass is 16.2. The standard InChI is InChI=1S/C21H18N6O2/c28-19(23-21-22-15-26(25-21)13-16-7-3-1-4-8-16)14-27-20(29)12-11-18(24-27)17-9-5-2-6-10-17/h1-12,15H,13-14H2,(H,23,25,28). The summed E-state index contributed by atoms with van der Waals surface area (Å²) in [6.07, 6.45) is 1.54.